The standard InChI is InChI=1S/C17H23N3O/c1-13(19-15-8-10-20(2)11-9-15)16-12-18-17(21-16)14-6-4-3-5-7-14/h3-7,12-13,15,19H,8-11H2,1-2H3. The van der Waals surface area contributed by atoms with Crippen molar-refractivity contribution in [1.82, 2.24) is 15.2 Å². The van der Waals surface area contributed by atoms with E-state index in [1.54, 1.807) is 0 Å². The molecule has 1 N–H and O–H groups in total. The highest BCUT2D eigenvalue weighted by Crippen LogP contribution is 2.23. The lowest BCUT2D eigenvalue weighted by atomic mass is 10.0. The molecule has 1 aliphatic rings. The Morgan fingerprint density at radius 3 is 2.67 bits per heavy atom. The topological polar surface area (TPSA) is 41.3 Å². The van der Waals surface area contributed by atoms with Crippen LogP contribution in [0.3, 0.4) is 0 Å². The summed E-state index contributed by atoms with van der Waals surface area (Å²) in [5, 5.41) is 3.66. The van der Waals surface area contributed by atoms with Crippen LogP contribution in [0.25, 0.3) is 11.5 Å². The Kier molecular flexibility index (Phi) is 4.36. The van der Waals surface area contributed by atoms with Gasteiger partial charge in [-0.05, 0) is 52.0 Å². The maximum Gasteiger partial charge on any atom is 0.226 e. The first-order valence-corrected chi connectivity index (χ1v) is 7.68. The summed E-state index contributed by atoms with van der Waals surface area (Å²) in [6, 6.07) is 10.8. The first-order chi connectivity index (χ1) is 10.2. The van der Waals surface area contributed by atoms with Crippen molar-refractivity contribution in [3.8, 4) is 11.5 Å². The van der Waals surface area contributed by atoms with Crippen LogP contribution in [0.5, 0.6) is 0 Å². The predicted octanol–water partition coefficient (Wildman–Crippen LogP) is 3.09. The third-order valence-corrected chi connectivity index (χ3v) is 4.18. The molecule has 0 bridgehead atoms. The Balaban J connectivity index is 1.63. The van der Waals surface area contributed by atoms with Gasteiger partial charge in [0.2, 0.25) is 5.89 Å². The molecule has 1 saturated heterocycles. The van der Waals surface area contributed by atoms with Gasteiger partial charge in [0.25, 0.3) is 0 Å². The summed E-state index contributed by atoms with van der Waals surface area (Å²) in [4.78, 5) is 6.78. The molecule has 1 aliphatic heterocycles. The molecule has 0 amide bonds. The van der Waals surface area contributed by atoms with E-state index in [-0.39, 0.29) is 6.04 Å². The van der Waals surface area contributed by atoms with Gasteiger partial charge in [-0.25, -0.2) is 4.98 Å². The lowest BCUT2D eigenvalue weighted by molar-refractivity contribution is 0.222. The molecule has 1 atom stereocenters. The van der Waals surface area contributed by atoms with E-state index in [2.05, 4.69) is 29.2 Å². The maximum absolute atomic E-state index is 5.91. The number of piperidine rings is 1. The highest BCUT2D eigenvalue weighted by Gasteiger charge is 2.20. The molecular weight excluding hydrogens is 262 g/mol. The summed E-state index contributed by atoms with van der Waals surface area (Å²) in [6.45, 7) is 4.47. The van der Waals surface area contributed by atoms with E-state index in [0.29, 0.717) is 11.9 Å². The molecule has 1 aromatic heterocycles. The van der Waals surface area contributed by atoms with Gasteiger partial charge in [0, 0.05) is 11.6 Å². The van der Waals surface area contributed by atoms with E-state index in [9.17, 15) is 0 Å². The highest BCUT2D eigenvalue weighted by molar-refractivity contribution is 5.52. The van der Waals surface area contributed by atoms with Crippen molar-refractivity contribution in [3.63, 3.8) is 0 Å². The summed E-state index contributed by atoms with van der Waals surface area (Å²) < 4.78 is 5.91. The molecule has 4 nitrogen and oxygen atoms in total. The molecule has 4 heteroatoms. The number of benzene rings is 1. The van der Waals surface area contributed by atoms with Crippen molar-refractivity contribution < 1.29 is 4.42 Å². The molecule has 3 rings (SSSR count). The fraction of sp³-hybridized carbons (Fsp3) is 0.471. The number of likely N-dealkylation sites (tertiary alicyclic amines) is 1. The smallest absolute Gasteiger partial charge is 0.226 e. The fourth-order valence-corrected chi connectivity index (χ4v) is 2.81. The highest BCUT2D eigenvalue weighted by atomic mass is 16.4. The summed E-state index contributed by atoms with van der Waals surface area (Å²) in [5.41, 5.74) is 1.02. The van der Waals surface area contributed by atoms with Crippen LogP contribution >= 0.6 is 0 Å². The Labute approximate surface area is 126 Å². The van der Waals surface area contributed by atoms with Crippen LogP contribution in [-0.4, -0.2) is 36.1 Å². The first-order valence-electron chi connectivity index (χ1n) is 7.68. The zero-order valence-electron chi connectivity index (χ0n) is 12.7. The van der Waals surface area contributed by atoms with Crippen LogP contribution in [0, 0.1) is 0 Å². The van der Waals surface area contributed by atoms with Gasteiger partial charge in [-0.1, -0.05) is 18.2 Å². The van der Waals surface area contributed by atoms with Gasteiger partial charge in [-0.15, -0.1) is 0 Å². The number of aromatic nitrogens is 1. The lowest BCUT2D eigenvalue weighted by Gasteiger charge is -2.31. The van der Waals surface area contributed by atoms with E-state index in [1.807, 2.05) is 36.5 Å². The van der Waals surface area contributed by atoms with Crippen molar-refractivity contribution in [2.75, 3.05) is 20.1 Å². The Morgan fingerprint density at radius 1 is 1.24 bits per heavy atom. The molecule has 0 aliphatic carbocycles. The number of rotatable bonds is 4. The number of nitrogens with zero attached hydrogens (tertiary/aromatic N) is 2. The molecule has 112 valence electrons. The second kappa shape index (κ2) is 6.41. The second-order valence-corrected chi connectivity index (χ2v) is 5.90. The van der Waals surface area contributed by atoms with Crippen LogP contribution in [0.1, 0.15) is 31.6 Å². The summed E-state index contributed by atoms with van der Waals surface area (Å²) in [7, 11) is 2.18. The van der Waals surface area contributed by atoms with Crippen LogP contribution in [-0.2, 0) is 0 Å². The van der Waals surface area contributed by atoms with Crippen LogP contribution in [0.2, 0.25) is 0 Å². The number of nitrogens with one attached hydrogen (secondary N) is 1. The average Bonchev–Trinajstić information content (AvgIpc) is 3.00. The minimum absolute atomic E-state index is 0.198. The molecule has 0 saturated carbocycles. The van der Waals surface area contributed by atoms with E-state index in [1.165, 1.54) is 12.8 Å². The second-order valence-electron chi connectivity index (χ2n) is 5.90. The van der Waals surface area contributed by atoms with Gasteiger partial charge in [-0.2, -0.15) is 0 Å². The predicted molar refractivity (Wildman–Crippen MR) is 84.0 cm³/mol. The van der Waals surface area contributed by atoms with Crippen molar-refractivity contribution in [3.05, 3.63) is 42.3 Å². The summed E-state index contributed by atoms with van der Waals surface area (Å²) in [5.74, 6) is 1.61. The van der Waals surface area contributed by atoms with Crippen molar-refractivity contribution >= 4 is 0 Å². The molecule has 2 heterocycles. The largest absolute Gasteiger partial charge is 0.440 e. The summed E-state index contributed by atoms with van der Waals surface area (Å²) >= 11 is 0. The van der Waals surface area contributed by atoms with Gasteiger partial charge in [0.05, 0.1) is 12.2 Å². The van der Waals surface area contributed by atoms with Crippen molar-refractivity contribution in [1.29, 1.82) is 0 Å². The molecule has 2 aromatic rings. The van der Waals surface area contributed by atoms with Crippen LogP contribution < -0.4 is 5.32 Å². The van der Waals surface area contributed by atoms with Crippen molar-refractivity contribution in [2.45, 2.75) is 31.8 Å². The number of hydrogen-bond acceptors (Lipinski definition) is 4. The maximum atomic E-state index is 5.91. The minimum Gasteiger partial charge on any atom is -0.440 e. The van der Waals surface area contributed by atoms with Crippen LogP contribution in [0.15, 0.2) is 40.9 Å². The average molecular weight is 285 g/mol. The monoisotopic (exact) mass is 285 g/mol. The van der Waals surface area contributed by atoms with Crippen LogP contribution in [0.4, 0.5) is 0 Å². The molecule has 1 fully saturated rings. The van der Waals surface area contributed by atoms with Gasteiger partial charge < -0.3 is 14.6 Å². The Hall–Kier alpha value is -1.65. The zero-order valence-corrected chi connectivity index (χ0v) is 12.7. The normalized spacial score (nSPS) is 18.8. The molecule has 0 spiro atoms. The quantitative estimate of drug-likeness (QED) is 0.937. The molecule has 1 aromatic carbocycles. The van der Waals surface area contributed by atoms with Crippen molar-refractivity contribution in [2.24, 2.45) is 0 Å². The van der Waals surface area contributed by atoms with E-state index < -0.39 is 0 Å². The van der Waals surface area contributed by atoms with Gasteiger partial charge in [-0.3, -0.25) is 0 Å². The molecule has 21 heavy (non-hydrogen) atoms. The third-order valence-electron chi connectivity index (χ3n) is 4.18. The molecule has 0 radical (unpaired) electrons. The number of hydrogen-bond donors (Lipinski definition) is 1. The fourth-order valence-electron chi connectivity index (χ4n) is 2.81. The zero-order chi connectivity index (χ0) is 14.7. The summed E-state index contributed by atoms with van der Waals surface area (Å²) in [6.07, 6.45) is 4.23. The Morgan fingerprint density at radius 2 is 1.95 bits per heavy atom. The van der Waals surface area contributed by atoms with Gasteiger partial charge in [0.1, 0.15) is 5.76 Å². The van der Waals surface area contributed by atoms with E-state index >= 15 is 0 Å². The van der Waals surface area contributed by atoms with E-state index in [0.717, 1.165) is 24.4 Å². The third kappa shape index (κ3) is 3.52. The lowest BCUT2D eigenvalue weighted by Crippen LogP contribution is -2.41. The number of oxazole rings is 1. The minimum atomic E-state index is 0.198. The SMILES string of the molecule is CC(NC1CCN(C)CC1)c1cnc(-c2ccccc2)o1. The van der Waals surface area contributed by atoms with E-state index in [4.69, 9.17) is 4.42 Å². The molecule has 1 unspecified atom stereocenters. The Bertz CT molecular complexity index is 558. The first kappa shape index (κ1) is 14.3. The molecular formula is C17H23N3O. The van der Waals surface area contributed by atoms with Gasteiger partial charge >= 0.3 is 0 Å². The van der Waals surface area contributed by atoms with Gasteiger partial charge in [0.15, 0.2) is 0 Å².